The molecule has 0 spiro atoms. The highest BCUT2D eigenvalue weighted by atomic mass is 16.2. The van der Waals surface area contributed by atoms with Gasteiger partial charge in [-0.15, -0.1) is 0 Å². The van der Waals surface area contributed by atoms with E-state index in [-0.39, 0.29) is 12.5 Å². The second kappa shape index (κ2) is 11.4. The van der Waals surface area contributed by atoms with E-state index in [1.165, 1.54) is 32.1 Å². The summed E-state index contributed by atoms with van der Waals surface area (Å²) >= 11 is 0. The van der Waals surface area contributed by atoms with Crippen LogP contribution in [0.4, 0.5) is 5.69 Å². The van der Waals surface area contributed by atoms with Crippen molar-refractivity contribution in [2.45, 2.75) is 52.1 Å². The zero-order valence-electron chi connectivity index (χ0n) is 18.1. The zero-order chi connectivity index (χ0) is 21.2. The molecule has 1 aromatic carbocycles. The first-order valence-electron chi connectivity index (χ1n) is 10.9. The van der Waals surface area contributed by atoms with Crippen molar-refractivity contribution in [1.82, 2.24) is 20.4 Å². The Morgan fingerprint density at radius 2 is 2.17 bits per heavy atom. The fourth-order valence-corrected chi connectivity index (χ4v) is 4.12. The van der Waals surface area contributed by atoms with Gasteiger partial charge in [-0.05, 0) is 48.4 Å². The van der Waals surface area contributed by atoms with Gasteiger partial charge in [0.25, 0.3) is 0 Å². The summed E-state index contributed by atoms with van der Waals surface area (Å²) in [6.45, 7) is 4.16. The summed E-state index contributed by atoms with van der Waals surface area (Å²) in [6, 6.07) is 9.65. The van der Waals surface area contributed by atoms with Gasteiger partial charge in [0.15, 0.2) is 5.96 Å². The van der Waals surface area contributed by atoms with E-state index in [0.29, 0.717) is 6.54 Å². The Labute approximate surface area is 179 Å². The maximum absolute atomic E-state index is 12.2. The maximum atomic E-state index is 12.2. The number of carbonyl (C=O) groups excluding carboxylic acids is 1. The fourth-order valence-electron chi connectivity index (χ4n) is 4.12. The third kappa shape index (κ3) is 7.21. The molecule has 2 atom stereocenters. The average molecular weight is 411 g/mol. The van der Waals surface area contributed by atoms with Crippen LogP contribution < -0.4 is 16.0 Å². The lowest BCUT2D eigenvalue weighted by atomic mass is 9.81. The molecule has 0 aliphatic heterocycles. The molecular weight excluding hydrogens is 376 g/mol. The van der Waals surface area contributed by atoms with E-state index < -0.39 is 0 Å². The predicted octanol–water partition coefficient (Wildman–Crippen LogP) is 3.40. The van der Waals surface area contributed by atoms with Gasteiger partial charge in [0.05, 0.1) is 0 Å². The van der Waals surface area contributed by atoms with Crippen LogP contribution in [0.25, 0.3) is 0 Å². The molecule has 2 unspecified atom stereocenters. The highest BCUT2D eigenvalue weighted by Gasteiger charge is 2.18. The molecule has 1 aliphatic carbocycles. The van der Waals surface area contributed by atoms with Crippen LogP contribution in [0.15, 0.2) is 47.7 Å². The lowest BCUT2D eigenvalue weighted by molar-refractivity contribution is -0.116. The van der Waals surface area contributed by atoms with Crippen molar-refractivity contribution in [3.8, 4) is 0 Å². The van der Waals surface area contributed by atoms with Gasteiger partial charge in [0.1, 0.15) is 6.54 Å². The lowest BCUT2D eigenvalue weighted by Gasteiger charge is -2.26. The van der Waals surface area contributed by atoms with Crippen molar-refractivity contribution >= 4 is 17.6 Å². The van der Waals surface area contributed by atoms with Crippen LogP contribution in [-0.2, 0) is 17.9 Å². The van der Waals surface area contributed by atoms with Gasteiger partial charge in [-0.25, -0.2) is 0 Å². The van der Waals surface area contributed by atoms with E-state index in [2.05, 4.69) is 33.0 Å². The maximum Gasteiger partial charge on any atom is 0.246 e. The third-order valence-electron chi connectivity index (χ3n) is 5.65. The number of aliphatic imine (C=N–C) groups is 1. The Balaban J connectivity index is 1.41. The topological polar surface area (TPSA) is 83.3 Å². The SMILES string of the molecule is CN=C(NCCC1CCCC(C)C1)NCc1cccc(NC(=O)Cn2cccn2)c1. The van der Waals surface area contributed by atoms with Gasteiger partial charge in [0, 0.05) is 38.2 Å². The number of anilines is 1. The highest BCUT2D eigenvalue weighted by molar-refractivity contribution is 5.90. The van der Waals surface area contributed by atoms with Crippen molar-refractivity contribution in [2.24, 2.45) is 16.8 Å². The van der Waals surface area contributed by atoms with Gasteiger partial charge in [-0.1, -0.05) is 38.3 Å². The summed E-state index contributed by atoms with van der Waals surface area (Å²) in [7, 11) is 1.80. The van der Waals surface area contributed by atoms with Crippen molar-refractivity contribution in [2.75, 3.05) is 18.9 Å². The van der Waals surface area contributed by atoms with Crippen molar-refractivity contribution in [3.63, 3.8) is 0 Å². The monoisotopic (exact) mass is 410 g/mol. The molecule has 1 aromatic heterocycles. The number of amides is 1. The standard InChI is InChI=1S/C23H34N6O/c1-18-6-3-7-19(14-18)10-12-25-23(24-2)26-16-20-8-4-9-21(15-20)28-22(30)17-29-13-5-11-27-29/h4-5,8-9,11,13,15,18-19H,3,6-7,10,12,14,16-17H2,1-2H3,(H,28,30)(H2,24,25,26). The molecule has 2 aromatic rings. The van der Waals surface area contributed by atoms with E-state index in [1.54, 1.807) is 30.2 Å². The molecule has 1 fully saturated rings. The van der Waals surface area contributed by atoms with Gasteiger partial charge in [-0.2, -0.15) is 5.10 Å². The Morgan fingerprint density at radius 3 is 2.93 bits per heavy atom. The summed E-state index contributed by atoms with van der Waals surface area (Å²) in [4.78, 5) is 16.5. The van der Waals surface area contributed by atoms with Crippen LogP contribution in [0, 0.1) is 11.8 Å². The molecule has 0 saturated heterocycles. The summed E-state index contributed by atoms with van der Waals surface area (Å²) < 4.78 is 1.60. The van der Waals surface area contributed by atoms with Crippen molar-refractivity contribution < 1.29 is 4.79 Å². The quantitative estimate of drug-likeness (QED) is 0.460. The first kappa shape index (κ1) is 21.9. The van der Waals surface area contributed by atoms with Crippen LogP contribution in [0.1, 0.15) is 44.6 Å². The fraction of sp³-hybridized carbons (Fsp3) is 0.522. The van der Waals surface area contributed by atoms with E-state index >= 15 is 0 Å². The Bertz CT molecular complexity index is 817. The molecule has 162 valence electrons. The number of hydrogen-bond acceptors (Lipinski definition) is 3. The number of guanidine groups is 1. The second-order valence-corrected chi connectivity index (χ2v) is 8.23. The molecule has 1 amide bonds. The number of rotatable bonds is 8. The smallest absolute Gasteiger partial charge is 0.246 e. The van der Waals surface area contributed by atoms with E-state index in [0.717, 1.165) is 35.6 Å². The number of nitrogens with one attached hydrogen (secondary N) is 3. The van der Waals surface area contributed by atoms with Gasteiger partial charge in [0.2, 0.25) is 5.91 Å². The zero-order valence-corrected chi connectivity index (χ0v) is 18.1. The lowest BCUT2D eigenvalue weighted by Crippen LogP contribution is -2.38. The molecule has 30 heavy (non-hydrogen) atoms. The summed E-state index contributed by atoms with van der Waals surface area (Å²) in [5, 5.41) is 13.8. The van der Waals surface area contributed by atoms with E-state index in [9.17, 15) is 4.79 Å². The number of hydrogen-bond donors (Lipinski definition) is 3. The van der Waals surface area contributed by atoms with Gasteiger partial charge >= 0.3 is 0 Å². The van der Waals surface area contributed by atoms with Crippen molar-refractivity contribution in [1.29, 1.82) is 0 Å². The van der Waals surface area contributed by atoms with Crippen LogP contribution in [0.2, 0.25) is 0 Å². The minimum atomic E-state index is -0.0988. The highest BCUT2D eigenvalue weighted by Crippen LogP contribution is 2.30. The second-order valence-electron chi connectivity index (χ2n) is 8.23. The number of aromatic nitrogens is 2. The molecule has 0 radical (unpaired) electrons. The summed E-state index contributed by atoms with van der Waals surface area (Å²) in [5.41, 5.74) is 1.86. The molecule has 7 nitrogen and oxygen atoms in total. The Kier molecular flexibility index (Phi) is 8.30. The Hall–Kier alpha value is -2.83. The number of benzene rings is 1. The normalized spacial score (nSPS) is 19.3. The number of nitrogens with zero attached hydrogens (tertiary/aromatic N) is 3. The predicted molar refractivity (Wildman–Crippen MR) is 121 cm³/mol. The van der Waals surface area contributed by atoms with E-state index in [1.807, 2.05) is 24.3 Å². The van der Waals surface area contributed by atoms with Gasteiger partial charge < -0.3 is 16.0 Å². The third-order valence-corrected chi connectivity index (χ3v) is 5.65. The first-order valence-corrected chi connectivity index (χ1v) is 10.9. The molecule has 7 heteroatoms. The molecule has 3 N–H and O–H groups in total. The van der Waals surface area contributed by atoms with Crippen LogP contribution >= 0.6 is 0 Å². The first-order chi connectivity index (χ1) is 14.6. The molecular formula is C23H34N6O. The number of carbonyl (C=O) groups is 1. The van der Waals surface area contributed by atoms with Crippen LogP contribution in [0.5, 0.6) is 0 Å². The largest absolute Gasteiger partial charge is 0.356 e. The molecule has 3 rings (SSSR count). The van der Waals surface area contributed by atoms with Crippen LogP contribution in [0.3, 0.4) is 0 Å². The Morgan fingerprint density at radius 1 is 1.27 bits per heavy atom. The molecule has 0 bridgehead atoms. The minimum absolute atomic E-state index is 0.0988. The molecule has 1 saturated carbocycles. The van der Waals surface area contributed by atoms with Gasteiger partial charge in [-0.3, -0.25) is 14.5 Å². The minimum Gasteiger partial charge on any atom is -0.356 e. The van der Waals surface area contributed by atoms with E-state index in [4.69, 9.17) is 0 Å². The van der Waals surface area contributed by atoms with Crippen LogP contribution in [-0.4, -0.2) is 35.2 Å². The summed E-state index contributed by atoms with van der Waals surface area (Å²) in [6.07, 6.45) is 10.1. The van der Waals surface area contributed by atoms with Crippen molar-refractivity contribution in [3.05, 3.63) is 48.3 Å². The average Bonchev–Trinajstić information content (AvgIpc) is 3.23. The molecule has 1 aliphatic rings. The summed E-state index contributed by atoms with van der Waals surface area (Å²) in [5.74, 6) is 2.42. The molecule has 1 heterocycles.